The van der Waals surface area contributed by atoms with Gasteiger partial charge in [-0.05, 0) is 36.4 Å². The SMILES string of the molecule is COc1ccc(NC(=O)Cc2csc(=Nc3ccc([N+](=O)[O-])cc3)n2C)cc1. The number of rotatable bonds is 6. The number of nitro benzene ring substituents is 1. The lowest BCUT2D eigenvalue weighted by Gasteiger charge is -2.07. The molecule has 9 heteroatoms. The number of amides is 1. The lowest BCUT2D eigenvalue weighted by Crippen LogP contribution is -2.19. The van der Waals surface area contributed by atoms with Crippen molar-refractivity contribution >= 4 is 34.3 Å². The van der Waals surface area contributed by atoms with Crippen LogP contribution in [0.1, 0.15) is 5.69 Å². The number of methoxy groups -OCH3 is 1. The van der Waals surface area contributed by atoms with Crippen molar-refractivity contribution in [1.29, 1.82) is 0 Å². The maximum absolute atomic E-state index is 12.3. The van der Waals surface area contributed by atoms with Gasteiger partial charge in [0.05, 0.1) is 24.1 Å². The lowest BCUT2D eigenvalue weighted by molar-refractivity contribution is -0.384. The van der Waals surface area contributed by atoms with Gasteiger partial charge in [0.2, 0.25) is 5.91 Å². The van der Waals surface area contributed by atoms with Crippen LogP contribution in [0, 0.1) is 10.1 Å². The van der Waals surface area contributed by atoms with Crippen molar-refractivity contribution in [3.8, 4) is 5.75 Å². The van der Waals surface area contributed by atoms with Crippen LogP contribution in [0.3, 0.4) is 0 Å². The predicted octanol–water partition coefficient (Wildman–Crippen LogP) is 3.42. The largest absolute Gasteiger partial charge is 0.497 e. The first-order valence-corrected chi connectivity index (χ1v) is 9.20. The van der Waals surface area contributed by atoms with E-state index in [2.05, 4.69) is 10.3 Å². The number of hydrogen-bond acceptors (Lipinski definition) is 6. The van der Waals surface area contributed by atoms with Crippen molar-refractivity contribution in [1.82, 2.24) is 4.57 Å². The Morgan fingerprint density at radius 3 is 2.50 bits per heavy atom. The first kappa shape index (κ1) is 19.3. The summed E-state index contributed by atoms with van der Waals surface area (Å²) in [7, 11) is 3.42. The first-order chi connectivity index (χ1) is 13.5. The Kier molecular flexibility index (Phi) is 5.85. The molecule has 0 atom stereocenters. The Balaban J connectivity index is 1.71. The Bertz CT molecular complexity index is 1050. The highest BCUT2D eigenvalue weighted by molar-refractivity contribution is 7.07. The normalized spacial score (nSPS) is 11.3. The fourth-order valence-corrected chi connectivity index (χ4v) is 3.38. The topological polar surface area (TPSA) is 98.8 Å². The average Bonchev–Trinajstić information content (AvgIpc) is 3.02. The molecule has 1 N–H and O–H groups in total. The number of carbonyl (C=O) groups excluding carboxylic acids is 1. The second kappa shape index (κ2) is 8.49. The summed E-state index contributed by atoms with van der Waals surface area (Å²) in [6.45, 7) is 0. The number of ether oxygens (including phenoxy) is 1. The molecule has 0 saturated carbocycles. The van der Waals surface area contributed by atoms with Gasteiger partial charge in [-0.3, -0.25) is 14.9 Å². The number of non-ortho nitro benzene ring substituents is 1. The van der Waals surface area contributed by atoms with E-state index in [0.29, 0.717) is 16.2 Å². The monoisotopic (exact) mass is 398 g/mol. The van der Waals surface area contributed by atoms with Crippen LogP contribution in [0.4, 0.5) is 17.1 Å². The van der Waals surface area contributed by atoms with E-state index in [4.69, 9.17) is 4.74 Å². The molecule has 28 heavy (non-hydrogen) atoms. The summed E-state index contributed by atoms with van der Waals surface area (Å²) in [6, 6.07) is 13.1. The minimum absolute atomic E-state index is 0.0189. The quantitative estimate of drug-likeness (QED) is 0.508. The second-order valence-corrected chi connectivity index (χ2v) is 6.74. The van der Waals surface area contributed by atoms with Gasteiger partial charge in [0, 0.05) is 35.9 Å². The maximum atomic E-state index is 12.3. The van der Waals surface area contributed by atoms with Gasteiger partial charge in [0.1, 0.15) is 5.75 Å². The van der Waals surface area contributed by atoms with Crippen LogP contribution in [-0.4, -0.2) is 22.5 Å². The Morgan fingerprint density at radius 2 is 1.89 bits per heavy atom. The molecule has 0 aliphatic heterocycles. The molecule has 0 saturated heterocycles. The van der Waals surface area contributed by atoms with Gasteiger partial charge in [-0.1, -0.05) is 0 Å². The molecule has 2 aromatic carbocycles. The third-order valence-electron chi connectivity index (χ3n) is 4.02. The standard InChI is InChI=1S/C19H18N4O4S/c1-22-16(11-18(24)20-13-5-9-17(27-2)10-6-13)12-28-19(22)21-14-3-7-15(8-4-14)23(25)26/h3-10,12H,11H2,1-2H3,(H,20,24). The molecule has 0 radical (unpaired) electrons. The smallest absolute Gasteiger partial charge is 0.269 e. The molecule has 0 fully saturated rings. The number of nitro groups is 1. The van der Waals surface area contributed by atoms with E-state index in [1.165, 1.54) is 23.5 Å². The van der Waals surface area contributed by atoms with Crippen LogP contribution in [-0.2, 0) is 18.3 Å². The van der Waals surface area contributed by atoms with Crippen molar-refractivity contribution in [3.05, 3.63) is 74.5 Å². The summed E-state index contributed by atoms with van der Waals surface area (Å²) >= 11 is 1.40. The van der Waals surface area contributed by atoms with Crippen LogP contribution in [0.25, 0.3) is 0 Å². The lowest BCUT2D eigenvalue weighted by atomic mass is 10.2. The number of anilines is 1. The van der Waals surface area contributed by atoms with Gasteiger partial charge < -0.3 is 14.6 Å². The summed E-state index contributed by atoms with van der Waals surface area (Å²) in [6.07, 6.45) is 0.203. The van der Waals surface area contributed by atoms with Crippen molar-refractivity contribution in [2.45, 2.75) is 6.42 Å². The Morgan fingerprint density at radius 1 is 1.21 bits per heavy atom. The van der Waals surface area contributed by atoms with Gasteiger partial charge in [0.15, 0.2) is 4.80 Å². The highest BCUT2D eigenvalue weighted by Gasteiger charge is 2.09. The summed E-state index contributed by atoms with van der Waals surface area (Å²) < 4.78 is 6.93. The Labute approximate surface area is 164 Å². The Hall–Kier alpha value is -3.46. The molecule has 144 valence electrons. The van der Waals surface area contributed by atoms with E-state index >= 15 is 0 Å². The van der Waals surface area contributed by atoms with E-state index in [0.717, 1.165) is 11.4 Å². The number of nitrogens with one attached hydrogen (secondary N) is 1. The number of benzene rings is 2. The highest BCUT2D eigenvalue weighted by Crippen LogP contribution is 2.18. The zero-order valence-corrected chi connectivity index (χ0v) is 16.1. The molecule has 0 aliphatic rings. The van der Waals surface area contributed by atoms with Crippen molar-refractivity contribution in [2.24, 2.45) is 12.0 Å². The fraction of sp³-hybridized carbons (Fsp3) is 0.158. The molecule has 0 aliphatic carbocycles. The van der Waals surface area contributed by atoms with Crippen LogP contribution in [0.2, 0.25) is 0 Å². The summed E-state index contributed by atoms with van der Waals surface area (Å²) in [4.78, 5) is 27.8. The number of aromatic nitrogens is 1. The number of nitrogens with zero attached hydrogens (tertiary/aromatic N) is 3. The van der Waals surface area contributed by atoms with E-state index < -0.39 is 4.92 Å². The predicted molar refractivity (Wildman–Crippen MR) is 107 cm³/mol. The van der Waals surface area contributed by atoms with Gasteiger partial charge >= 0.3 is 0 Å². The molecular weight excluding hydrogens is 380 g/mol. The van der Waals surface area contributed by atoms with Crippen LogP contribution >= 0.6 is 11.3 Å². The zero-order chi connectivity index (χ0) is 20.1. The summed E-state index contributed by atoms with van der Waals surface area (Å²) in [5.41, 5.74) is 2.14. The molecular formula is C19H18N4O4S. The third kappa shape index (κ3) is 4.63. The van der Waals surface area contributed by atoms with E-state index in [1.54, 1.807) is 43.5 Å². The van der Waals surface area contributed by atoms with Crippen LogP contribution < -0.4 is 14.9 Å². The zero-order valence-electron chi connectivity index (χ0n) is 15.3. The van der Waals surface area contributed by atoms with Gasteiger partial charge in [-0.15, -0.1) is 11.3 Å². The molecule has 0 spiro atoms. The number of carbonyl (C=O) groups is 1. The van der Waals surface area contributed by atoms with E-state index in [-0.39, 0.29) is 18.0 Å². The summed E-state index contributed by atoms with van der Waals surface area (Å²) in [5.74, 6) is 0.584. The second-order valence-electron chi connectivity index (χ2n) is 5.91. The number of hydrogen-bond donors (Lipinski definition) is 1. The molecule has 1 aromatic heterocycles. The first-order valence-electron chi connectivity index (χ1n) is 8.33. The maximum Gasteiger partial charge on any atom is 0.269 e. The highest BCUT2D eigenvalue weighted by atomic mass is 32.1. The molecule has 1 heterocycles. The molecule has 8 nitrogen and oxygen atoms in total. The molecule has 3 aromatic rings. The third-order valence-corrected chi connectivity index (χ3v) is 4.98. The molecule has 3 rings (SSSR count). The molecule has 1 amide bonds. The van der Waals surface area contributed by atoms with Gasteiger partial charge in [-0.25, -0.2) is 4.99 Å². The average molecular weight is 398 g/mol. The van der Waals surface area contributed by atoms with E-state index in [9.17, 15) is 14.9 Å². The fourth-order valence-electron chi connectivity index (χ4n) is 2.47. The number of thiazole rings is 1. The minimum Gasteiger partial charge on any atom is -0.497 e. The van der Waals surface area contributed by atoms with E-state index in [1.807, 2.05) is 17.0 Å². The summed E-state index contributed by atoms with van der Waals surface area (Å²) in [5, 5.41) is 15.4. The van der Waals surface area contributed by atoms with Gasteiger partial charge in [0.25, 0.3) is 5.69 Å². The van der Waals surface area contributed by atoms with Crippen LogP contribution in [0.15, 0.2) is 58.9 Å². The van der Waals surface area contributed by atoms with Crippen molar-refractivity contribution < 1.29 is 14.5 Å². The van der Waals surface area contributed by atoms with Crippen LogP contribution in [0.5, 0.6) is 5.75 Å². The van der Waals surface area contributed by atoms with Gasteiger partial charge in [-0.2, -0.15) is 0 Å². The molecule has 0 unspecified atom stereocenters. The minimum atomic E-state index is -0.450. The van der Waals surface area contributed by atoms with Crippen molar-refractivity contribution in [2.75, 3.05) is 12.4 Å². The van der Waals surface area contributed by atoms with Crippen molar-refractivity contribution in [3.63, 3.8) is 0 Å². The molecule has 0 bridgehead atoms.